The number of benzene rings is 1. The molecule has 82 valence electrons. The summed E-state index contributed by atoms with van der Waals surface area (Å²) in [6, 6.07) is 4.23. The van der Waals surface area contributed by atoms with Crippen LogP contribution in [0.1, 0.15) is 12.0 Å². The van der Waals surface area contributed by atoms with Crippen LogP contribution in [0.3, 0.4) is 0 Å². The SMILES string of the molecule is COC(=O)CCc1cc(F)ccc1OC. The van der Waals surface area contributed by atoms with Gasteiger partial charge in [-0.2, -0.15) is 0 Å². The molecule has 15 heavy (non-hydrogen) atoms. The molecule has 1 aromatic carbocycles. The number of carbonyl (C=O) groups excluding carboxylic acids is 1. The van der Waals surface area contributed by atoms with Crippen LogP contribution in [0.25, 0.3) is 0 Å². The van der Waals surface area contributed by atoms with Crippen LogP contribution in [0.5, 0.6) is 5.75 Å². The predicted molar refractivity (Wildman–Crippen MR) is 53.3 cm³/mol. The van der Waals surface area contributed by atoms with Gasteiger partial charge < -0.3 is 9.47 Å². The molecule has 4 heteroatoms. The molecule has 0 aromatic heterocycles. The Hall–Kier alpha value is -1.58. The standard InChI is InChI=1S/C11H13FO3/c1-14-10-5-4-9(12)7-8(10)3-6-11(13)15-2/h4-5,7H,3,6H2,1-2H3. The third-order valence-corrected chi connectivity index (χ3v) is 2.07. The summed E-state index contributed by atoms with van der Waals surface area (Å²) in [6.07, 6.45) is 0.629. The largest absolute Gasteiger partial charge is 0.496 e. The molecule has 0 aliphatic carbocycles. The molecule has 0 aliphatic heterocycles. The summed E-state index contributed by atoms with van der Waals surface area (Å²) in [5, 5.41) is 0. The lowest BCUT2D eigenvalue weighted by Crippen LogP contribution is -2.03. The maximum atomic E-state index is 12.9. The van der Waals surface area contributed by atoms with Gasteiger partial charge in [0.25, 0.3) is 0 Å². The first-order chi connectivity index (χ1) is 7.17. The Morgan fingerprint density at radius 2 is 2.13 bits per heavy atom. The second-order valence-electron chi connectivity index (χ2n) is 3.03. The molecule has 0 atom stereocenters. The summed E-state index contributed by atoms with van der Waals surface area (Å²) in [5.74, 6) is -0.0720. The van der Waals surface area contributed by atoms with Crippen LogP contribution < -0.4 is 4.74 Å². The van der Waals surface area contributed by atoms with Crippen molar-refractivity contribution in [1.29, 1.82) is 0 Å². The van der Waals surface area contributed by atoms with E-state index in [-0.39, 0.29) is 18.2 Å². The van der Waals surface area contributed by atoms with Crippen LogP contribution in [0.4, 0.5) is 4.39 Å². The van der Waals surface area contributed by atoms with E-state index in [1.165, 1.54) is 26.4 Å². The number of hydrogen-bond acceptors (Lipinski definition) is 3. The molecular weight excluding hydrogens is 199 g/mol. The molecule has 1 aromatic rings. The fraction of sp³-hybridized carbons (Fsp3) is 0.364. The minimum absolute atomic E-state index is 0.219. The summed E-state index contributed by atoms with van der Waals surface area (Å²) in [5.41, 5.74) is 0.669. The molecule has 0 fully saturated rings. The summed E-state index contributed by atoms with van der Waals surface area (Å²) in [6.45, 7) is 0. The molecule has 3 nitrogen and oxygen atoms in total. The lowest BCUT2D eigenvalue weighted by molar-refractivity contribution is -0.140. The number of carbonyl (C=O) groups is 1. The molecule has 0 radical (unpaired) electrons. The smallest absolute Gasteiger partial charge is 0.305 e. The topological polar surface area (TPSA) is 35.5 Å². The summed E-state index contributed by atoms with van der Waals surface area (Å²) in [7, 11) is 2.83. The molecule has 0 aliphatic rings. The maximum absolute atomic E-state index is 12.9. The molecule has 0 saturated heterocycles. The van der Waals surface area contributed by atoms with Gasteiger partial charge in [-0.15, -0.1) is 0 Å². The van der Waals surface area contributed by atoms with Crippen molar-refractivity contribution in [3.05, 3.63) is 29.6 Å². The monoisotopic (exact) mass is 212 g/mol. The lowest BCUT2D eigenvalue weighted by atomic mass is 10.1. The van der Waals surface area contributed by atoms with E-state index in [0.29, 0.717) is 17.7 Å². The predicted octanol–water partition coefficient (Wildman–Crippen LogP) is 1.94. The number of aryl methyl sites for hydroxylation is 1. The lowest BCUT2D eigenvalue weighted by Gasteiger charge is -2.07. The van der Waals surface area contributed by atoms with E-state index in [4.69, 9.17) is 4.74 Å². The van der Waals surface area contributed by atoms with Gasteiger partial charge in [0.1, 0.15) is 11.6 Å². The Labute approximate surface area is 87.8 Å². The van der Waals surface area contributed by atoms with E-state index in [1.807, 2.05) is 0 Å². The number of ether oxygens (including phenoxy) is 2. The highest BCUT2D eigenvalue weighted by Gasteiger charge is 2.07. The van der Waals surface area contributed by atoms with Crippen molar-refractivity contribution in [1.82, 2.24) is 0 Å². The fourth-order valence-corrected chi connectivity index (χ4v) is 1.28. The van der Waals surface area contributed by atoms with Gasteiger partial charge in [0.15, 0.2) is 0 Å². The van der Waals surface area contributed by atoms with Crippen molar-refractivity contribution < 1.29 is 18.7 Å². The Kier molecular flexibility index (Phi) is 4.09. The second-order valence-corrected chi connectivity index (χ2v) is 3.03. The highest BCUT2D eigenvalue weighted by molar-refractivity contribution is 5.69. The van der Waals surface area contributed by atoms with Crippen LogP contribution in [-0.4, -0.2) is 20.2 Å². The highest BCUT2D eigenvalue weighted by atomic mass is 19.1. The molecular formula is C11H13FO3. The second kappa shape index (κ2) is 5.34. The van der Waals surface area contributed by atoms with Crippen LogP contribution in [0, 0.1) is 5.82 Å². The van der Waals surface area contributed by atoms with Crippen molar-refractivity contribution in [2.45, 2.75) is 12.8 Å². The molecule has 1 rings (SSSR count). The van der Waals surface area contributed by atoms with Crippen molar-refractivity contribution in [3.63, 3.8) is 0 Å². The van der Waals surface area contributed by atoms with Crippen molar-refractivity contribution in [3.8, 4) is 5.75 Å². The van der Waals surface area contributed by atoms with Gasteiger partial charge in [-0.1, -0.05) is 0 Å². The van der Waals surface area contributed by atoms with E-state index in [9.17, 15) is 9.18 Å². The van der Waals surface area contributed by atoms with Crippen LogP contribution in [-0.2, 0) is 16.0 Å². The third kappa shape index (κ3) is 3.23. The van der Waals surface area contributed by atoms with E-state index in [0.717, 1.165) is 0 Å². The number of halogens is 1. The number of esters is 1. The van der Waals surface area contributed by atoms with Gasteiger partial charge in [-0.3, -0.25) is 4.79 Å². The zero-order chi connectivity index (χ0) is 11.3. The molecule has 0 saturated carbocycles. The third-order valence-electron chi connectivity index (χ3n) is 2.07. The Balaban J connectivity index is 2.74. The van der Waals surface area contributed by atoms with Crippen molar-refractivity contribution in [2.24, 2.45) is 0 Å². The first-order valence-electron chi connectivity index (χ1n) is 4.56. The van der Waals surface area contributed by atoms with Gasteiger partial charge in [-0.25, -0.2) is 4.39 Å². The molecule has 0 spiro atoms. The normalized spacial score (nSPS) is 9.80. The summed E-state index contributed by atoms with van der Waals surface area (Å²) in [4.78, 5) is 10.9. The highest BCUT2D eigenvalue weighted by Crippen LogP contribution is 2.20. The first kappa shape index (κ1) is 11.5. The first-order valence-corrected chi connectivity index (χ1v) is 4.56. The van der Waals surface area contributed by atoms with Gasteiger partial charge in [0, 0.05) is 6.42 Å². The summed E-state index contributed by atoms with van der Waals surface area (Å²) < 4.78 is 22.5. The van der Waals surface area contributed by atoms with Crippen LogP contribution >= 0.6 is 0 Å². The molecule has 0 amide bonds. The minimum Gasteiger partial charge on any atom is -0.496 e. The number of rotatable bonds is 4. The van der Waals surface area contributed by atoms with Crippen molar-refractivity contribution >= 4 is 5.97 Å². The minimum atomic E-state index is -0.337. The van der Waals surface area contributed by atoms with E-state index < -0.39 is 0 Å². The summed E-state index contributed by atoms with van der Waals surface area (Å²) >= 11 is 0. The molecule has 0 unspecified atom stereocenters. The zero-order valence-electron chi connectivity index (χ0n) is 8.75. The van der Waals surface area contributed by atoms with Gasteiger partial charge >= 0.3 is 5.97 Å². The van der Waals surface area contributed by atoms with Gasteiger partial charge in [0.2, 0.25) is 0 Å². The Morgan fingerprint density at radius 1 is 1.40 bits per heavy atom. The Morgan fingerprint density at radius 3 is 2.73 bits per heavy atom. The molecule has 0 bridgehead atoms. The average Bonchev–Trinajstić information content (AvgIpc) is 2.26. The van der Waals surface area contributed by atoms with Gasteiger partial charge in [-0.05, 0) is 30.2 Å². The number of hydrogen-bond donors (Lipinski definition) is 0. The zero-order valence-corrected chi connectivity index (χ0v) is 8.75. The quantitative estimate of drug-likeness (QED) is 0.715. The number of methoxy groups -OCH3 is 2. The average molecular weight is 212 g/mol. The van der Waals surface area contributed by atoms with Crippen LogP contribution in [0.2, 0.25) is 0 Å². The van der Waals surface area contributed by atoms with E-state index in [2.05, 4.69) is 4.74 Å². The van der Waals surface area contributed by atoms with E-state index in [1.54, 1.807) is 6.07 Å². The van der Waals surface area contributed by atoms with Gasteiger partial charge in [0.05, 0.1) is 14.2 Å². The Bertz CT molecular complexity index is 350. The fourth-order valence-electron chi connectivity index (χ4n) is 1.28. The van der Waals surface area contributed by atoms with Crippen LogP contribution in [0.15, 0.2) is 18.2 Å². The van der Waals surface area contributed by atoms with Crippen molar-refractivity contribution in [2.75, 3.05) is 14.2 Å². The van der Waals surface area contributed by atoms with E-state index >= 15 is 0 Å². The molecule has 0 heterocycles. The maximum Gasteiger partial charge on any atom is 0.305 e. The molecule has 0 N–H and O–H groups in total.